The normalized spacial score (nSPS) is 41.5. The van der Waals surface area contributed by atoms with Crippen LogP contribution in [0.4, 0.5) is 0 Å². The zero-order valence-corrected chi connectivity index (χ0v) is 8.28. The van der Waals surface area contributed by atoms with Crippen LogP contribution in [0.2, 0.25) is 0 Å². The van der Waals surface area contributed by atoms with E-state index in [1.807, 2.05) is 0 Å². The zero-order chi connectivity index (χ0) is 9.26. The van der Waals surface area contributed by atoms with Crippen molar-refractivity contribution in [3.05, 3.63) is 0 Å². The molecular weight excluding hydrogens is 166 g/mol. The van der Waals surface area contributed by atoms with Gasteiger partial charge in [0.05, 0.1) is 13.2 Å². The minimum Gasteiger partial charge on any atom is -0.395 e. The Hall–Kier alpha value is -0.120. The van der Waals surface area contributed by atoms with Gasteiger partial charge in [-0.3, -0.25) is 4.90 Å². The summed E-state index contributed by atoms with van der Waals surface area (Å²) < 4.78 is 5.37. The van der Waals surface area contributed by atoms with Crippen LogP contribution in [0.1, 0.15) is 19.8 Å². The minimum atomic E-state index is 0.303. The van der Waals surface area contributed by atoms with Gasteiger partial charge in [0.2, 0.25) is 0 Å². The fourth-order valence-corrected chi connectivity index (χ4v) is 2.56. The van der Waals surface area contributed by atoms with Crippen LogP contribution in [0.25, 0.3) is 0 Å². The molecule has 0 amide bonds. The molecule has 0 radical (unpaired) electrons. The van der Waals surface area contributed by atoms with Gasteiger partial charge in [0, 0.05) is 18.7 Å². The predicted molar refractivity (Wildman–Crippen MR) is 50.6 cm³/mol. The molecule has 2 aliphatic rings. The lowest BCUT2D eigenvalue weighted by atomic mass is 10.0. The van der Waals surface area contributed by atoms with Crippen LogP contribution in [0.3, 0.4) is 0 Å². The maximum atomic E-state index is 9.28. The van der Waals surface area contributed by atoms with Crippen LogP contribution in [-0.2, 0) is 4.74 Å². The second-order valence-corrected chi connectivity index (χ2v) is 4.27. The topological polar surface area (TPSA) is 32.7 Å². The van der Waals surface area contributed by atoms with Crippen LogP contribution >= 0.6 is 0 Å². The van der Waals surface area contributed by atoms with Crippen molar-refractivity contribution >= 4 is 0 Å². The van der Waals surface area contributed by atoms with Crippen LogP contribution in [0.15, 0.2) is 0 Å². The smallest absolute Gasteiger partial charge is 0.0622 e. The van der Waals surface area contributed by atoms with Gasteiger partial charge in [-0.05, 0) is 25.3 Å². The predicted octanol–water partition coefficient (Wildman–Crippen LogP) is 0.478. The number of likely N-dealkylation sites (tertiary alicyclic amines) is 1. The number of nitrogens with zero attached hydrogens (tertiary/aromatic N) is 1. The third-order valence-electron chi connectivity index (χ3n) is 3.49. The van der Waals surface area contributed by atoms with Crippen molar-refractivity contribution in [2.75, 3.05) is 26.4 Å². The van der Waals surface area contributed by atoms with E-state index in [0.717, 1.165) is 26.2 Å². The molecular formula is C10H19NO2. The maximum absolute atomic E-state index is 9.28. The van der Waals surface area contributed by atoms with Gasteiger partial charge < -0.3 is 9.84 Å². The van der Waals surface area contributed by atoms with Crippen molar-refractivity contribution in [3.8, 4) is 0 Å². The van der Waals surface area contributed by atoms with E-state index in [2.05, 4.69) is 11.8 Å². The molecule has 3 atom stereocenters. The molecule has 0 aliphatic carbocycles. The first-order valence-electron chi connectivity index (χ1n) is 5.27. The molecule has 0 aromatic heterocycles. The Labute approximate surface area is 79.7 Å². The Morgan fingerprint density at radius 2 is 2.31 bits per heavy atom. The SMILES string of the molecule is CC1CCN(C2CCOC2)C1CO. The highest BCUT2D eigenvalue weighted by molar-refractivity contribution is 4.89. The van der Waals surface area contributed by atoms with Crippen LogP contribution in [-0.4, -0.2) is 48.5 Å². The molecule has 3 heteroatoms. The molecule has 3 nitrogen and oxygen atoms in total. The first-order chi connectivity index (χ1) is 6.33. The maximum Gasteiger partial charge on any atom is 0.0622 e. The lowest BCUT2D eigenvalue weighted by molar-refractivity contribution is 0.0899. The average molecular weight is 185 g/mol. The number of hydrogen-bond donors (Lipinski definition) is 1. The van der Waals surface area contributed by atoms with Gasteiger partial charge in [0.15, 0.2) is 0 Å². The number of rotatable bonds is 2. The Bertz CT molecular complexity index is 168. The lowest BCUT2D eigenvalue weighted by Gasteiger charge is -2.29. The quantitative estimate of drug-likeness (QED) is 0.679. The number of aliphatic hydroxyl groups is 1. The van der Waals surface area contributed by atoms with Crippen LogP contribution in [0, 0.1) is 5.92 Å². The molecule has 2 rings (SSSR count). The molecule has 0 aromatic rings. The first kappa shape index (κ1) is 9.44. The number of hydrogen-bond acceptors (Lipinski definition) is 3. The van der Waals surface area contributed by atoms with Crippen molar-refractivity contribution in [1.29, 1.82) is 0 Å². The molecule has 0 bridgehead atoms. The van der Waals surface area contributed by atoms with E-state index in [1.165, 1.54) is 6.42 Å². The highest BCUT2D eigenvalue weighted by Gasteiger charge is 2.36. The van der Waals surface area contributed by atoms with E-state index < -0.39 is 0 Å². The fraction of sp³-hybridized carbons (Fsp3) is 1.00. The molecule has 0 aromatic carbocycles. The monoisotopic (exact) mass is 185 g/mol. The van der Waals surface area contributed by atoms with Crippen molar-refractivity contribution in [2.45, 2.75) is 31.8 Å². The highest BCUT2D eigenvalue weighted by Crippen LogP contribution is 2.28. The molecule has 2 heterocycles. The first-order valence-corrected chi connectivity index (χ1v) is 5.27. The van der Waals surface area contributed by atoms with E-state index in [4.69, 9.17) is 4.74 Å². The summed E-state index contributed by atoms with van der Waals surface area (Å²) in [7, 11) is 0. The van der Waals surface area contributed by atoms with Crippen molar-refractivity contribution in [3.63, 3.8) is 0 Å². The van der Waals surface area contributed by atoms with Crippen LogP contribution < -0.4 is 0 Å². The standard InChI is InChI=1S/C10H19NO2/c1-8-2-4-11(10(8)6-12)9-3-5-13-7-9/h8-10,12H,2-7H2,1H3. The second kappa shape index (κ2) is 3.95. The molecule has 3 unspecified atom stereocenters. The van der Waals surface area contributed by atoms with Crippen molar-refractivity contribution < 1.29 is 9.84 Å². The molecule has 2 aliphatic heterocycles. The van der Waals surface area contributed by atoms with Gasteiger partial charge in [-0.1, -0.05) is 6.92 Å². The summed E-state index contributed by atoms with van der Waals surface area (Å²) in [6.45, 7) is 5.44. The second-order valence-electron chi connectivity index (χ2n) is 4.27. The summed E-state index contributed by atoms with van der Waals surface area (Å²) in [4.78, 5) is 2.44. The van der Waals surface area contributed by atoms with Gasteiger partial charge >= 0.3 is 0 Å². The Balaban J connectivity index is 1.97. The molecule has 13 heavy (non-hydrogen) atoms. The van der Waals surface area contributed by atoms with Gasteiger partial charge in [0.25, 0.3) is 0 Å². The number of aliphatic hydroxyl groups excluding tert-OH is 1. The van der Waals surface area contributed by atoms with Gasteiger partial charge in [-0.25, -0.2) is 0 Å². The average Bonchev–Trinajstić information content (AvgIpc) is 2.71. The van der Waals surface area contributed by atoms with E-state index in [9.17, 15) is 5.11 Å². The summed E-state index contributed by atoms with van der Waals surface area (Å²) in [5.41, 5.74) is 0. The number of ether oxygens (including phenoxy) is 1. The fourth-order valence-electron chi connectivity index (χ4n) is 2.56. The molecule has 1 N–H and O–H groups in total. The Kier molecular flexibility index (Phi) is 2.86. The molecule has 0 spiro atoms. The summed E-state index contributed by atoms with van der Waals surface area (Å²) in [5, 5.41) is 9.28. The van der Waals surface area contributed by atoms with Crippen LogP contribution in [0.5, 0.6) is 0 Å². The largest absolute Gasteiger partial charge is 0.395 e. The molecule has 0 saturated carbocycles. The van der Waals surface area contributed by atoms with E-state index in [-0.39, 0.29) is 0 Å². The van der Waals surface area contributed by atoms with Gasteiger partial charge in [-0.2, -0.15) is 0 Å². The van der Waals surface area contributed by atoms with Gasteiger partial charge in [-0.15, -0.1) is 0 Å². The summed E-state index contributed by atoms with van der Waals surface area (Å²) in [5.74, 6) is 0.644. The van der Waals surface area contributed by atoms with E-state index >= 15 is 0 Å². The van der Waals surface area contributed by atoms with Crippen molar-refractivity contribution in [2.24, 2.45) is 5.92 Å². The Morgan fingerprint density at radius 3 is 2.92 bits per heavy atom. The summed E-state index contributed by atoms with van der Waals surface area (Å²) in [6, 6.07) is 0.953. The summed E-state index contributed by atoms with van der Waals surface area (Å²) >= 11 is 0. The van der Waals surface area contributed by atoms with Crippen molar-refractivity contribution in [1.82, 2.24) is 4.90 Å². The zero-order valence-electron chi connectivity index (χ0n) is 8.28. The Morgan fingerprint density at radius 1 is 1.46 bits per heavy atom. The molecule has 2 saturated heterocycles. The van der Waals surface area contributed by atoms with E-state index in [0.29, 0.717) is 24.6 Å². The van der Waals surface area contributed by atoms with Gasteiger partial charge in [0.1, 0.15) is 0 Å². The minimum absolute atomic E-state index is 0.303. The third kappa shape index (κ3) is 1.73. The third-order valence-corrected chi connectivity index (χ3v) is 3.49. The lowest BCUT2D eigenvalue weighted by Crippen LogP contribution is -2.42. The van der Waals surface area contributed by atoms with E-state index in [1.54, 1.807) is 0 Å². The summed E-state index contributed by atoms with van der Waals surface area (Å²) in [6.07, 6.45) is 2.37. The molecule has 2 fully saturated rings. The molecule has 76 valence electrons. The highest BCUT2D eigenvalue weighted by atomic mass is 16.5.